The Morgan fingerprint density at radius 2 is 2.07 bits per heavy atom. The topological polar surface area (TPSA) is 73.9 Å². The van der Waals surface area contributed by atoms with Gasteiger partial charge in [0, 0.05) is 25.2 Å². The van der Waals surface area contributed by atoms with Gasteiger partial charge in [-0.3, -0.25) is 14.7 Å². The molecule has 2 N–H and O–H groups in total. The van der Waals surface area contributed by atoms with E-state index >= 15 is 0 Å². The number of hydrogen-bond donors (Lipinski definition) is 2. The Labute approximate surface area is 159 Å². The number of aromatic amines is 1. The first-order chi connectivity index (χ1) is 13.2. The van der Waals surface area contributed by atoms with Gasteiger partial charge < -0.3 is 10.3 Å². The molecule has 3 aromatic rings. The van der Waals surface area contributed by atoms with Crippen LogP contribution in [0.4, 0.5) is 0 Å². The SMILES string of the molecule is CN(Cc1nc2ccccc2[nH]1)Cc1ncccc1CCC(=O)NC1CC1. The maximum Gasteiger partial charge on any atom is 0.220 e. The summed E-state index contributed by atoms with van der Waals surface area (Å²) in [6.45, 7) is 1.43. The summed E-state index contributed by atoms with van der Waals surface area (Å²) in [6.07, 6.45) is 5.30. The molecular formula is C21H25N5O. The molecule has 2 aromatic heterocycles. The molecule has 1 amide bonds. The molecule has 0 spiro atoms. The van der Waals surface area contributed by atoms with E-state index < -0.39 is 0 Å². The van der Waals surface area contributed by atoms with E-state index in [9.17, 15) is 4.79 Å². The zero-order valence-corrected chi connectivity index (χ0v) is 15.6. The maximum atomic E-state index is 12.0. The number of hydrogen-bond acceptors (Lipinski definition) is 4. The Kier molecular flexibility index (Phi) is 5.16. The number of pyridine rings is 1. The van der Waals surface area contributed by atoms with E-state index in [2.05, 4.69) is 38.3 Å². The van der Waals surface area contributed by atoms with Gasteiger partial charge in [-0.25, -0.2) is 4.98 Å². The second kappa shape index (κ2) is 7.88. The molecule has 4 rings (SSSR count). The fourth-order valence-electron chi connectivity index (χ4n) is 3.26. The number of H-pyrrole nitrogens is 1. The third-order valence-electron chi connectivity index (χ3n) is 4.83. The summed E-state index contributed by atoms with van der Waals surface area (Å²) in [5.41, 5.74) is 4.21. The normalized spacial score (nSPS) is 14.0. The summed E-state index contributed by atoms with van der Waals surface area (Å²) in [5.74, 6) is 1.09. The van der Waals surface area contributed by atoms with E-state index in [1.54, 1.807) is 0 Å². The van der Waals surface area contributed by atoms with Crippen LogP contribution < -0.4 is 5.32 Å². The average Bonchev–Trinajstić information content (AvgIpc) is 3.37. The second-order valence-corrected chi connectivity index (χ2v) is 7.32. The van der Waals surface area contributed by atoms with Gasteiger partial charge in [0.25, 0.3) is 0 Å². The number of carbonyl (C=O) groups is 1. The van der Waals surface area contributed by atoms with Crippen molar-refractivity contribution in [2.75, 3.05) is 7.05 Å². The standard InChI is InChI=1S/C21H25N5O/c1-26(14-20-24-17-6-2-3-7-18(17)25-20)13-19-15(5-4-12-22-19)8-11-21(27)23-16-9-10-16/h2-7,12,16H,8-11,13-14H2,1H3,(H,23,27)(H,24,25). The highest BCUT2D eigenvalue weighted by Crippen LogP contribution is 2.19. The molecule has 0 radical (unpaired) electrons. The molecule has 27 heavy (non-hydrogen) atoms. The number of nitrogens with zero attached hydrogens (tertiary/aromatic N) is 3. The zero-order chi connectivity index (χ0) is 18.6. The van der Waals surface area contributed by atoms with Crippen LogP contribution in [0.15, 0.2) is 42.6 Å². The highest BCUT2D eigenvalue weighted by molar-refractivity contribution is 5.77. The lowest BCUT2D eigenvalue weighted by Crippen LogP contribution is -2.26. The van der Waals surface area contributed by atoms with Crippen molar-refractivity contribution in [1.29, 1.82) is 0 Å². The van der Waals surface area contributed by atoms with Gasteiger partial charge in [0.1, 0.15) is 5.82 Å². The van der Waals surface area contributed by atoms with Crippen LogP contribution in [0.2, 0.25) is 0 Å². The van der Waals surface area contributed by atoms with E-state index in [1.807, 2.05) is 36.5 Å². The minimum absolute atomic E-state index is 0.142. The fraction of sp³-hybridized carbons (Fsp3) is 0.381. The lowest BCUT2D eigenvalue weighted by Gasteiger charge is -2.17. The molecule has 0 unspecified atom stereocenters. The van der Waals surface area contributed by atoms with Crippen molar-refractivity contribution in [3.05, 3.63) is 59.7 Å². The third-order valence-corrected chi connectivity index (χ3v) is 4.83. The number of amides is 1. The Morgan fingerprint density at radius 1 is 1.22 bits per heavy atom. The first-order valence-corrected chi connectivity index (χ1v) is 9.51. The van der Waals surface area contributed by atoms with Crippen LogP contribution in [-0.2, 0) is 24.3 Å². The maximum absolute atomic E-state index is 12.0. The predicted molar refractivity (Wildman–Crippen MR) is 105 cm³/mol. The lowest BCUT2D eigenvalue weighted by molar-refractivity contribution is -0.121. The number of nitrogens with one attached hydrogen (secondary N) is 2. The summed E-state index contributed by atoms with van der Waals surface area (Å²) >= 11 is 0. The monoisotopic (exact) mass is 363 g/mol. The van der Waals surface area contributed by atoms with E-state index in [4.69, 9.17) is 0 Å². The summed E-state index contributed by atoms with van der Waals surface area (Å²) in [4.78, 5) is 26.7. The van der Waals surface area contributed by atoms with Crippen molar-refractivity contribution < 1.29 is 4.79 Å². The Bertz CT molecular complexity index is 898. The summed E-state index contributed by atoms with van der Waals surface area (Å²) in [7, 11) is 2.06. The van der Waals surface area contributed by atoms with Gasteiger partial charge in [0.15, 0.2) is 0 Å². The Morgan fingerprint density at radius 3 is 2.89 bits per heavy atom. The Balaban J connectivity index is 1.36. The molecule has 140 valence electrons. The summed E-state index contributed by atoms with van der Waals surface area (Å²) in [6, 6.07) is 12.5. The van der Waals surface area contributed by atoms with Crippen LogP contribution >= 0.6 is 0 Å². The smallest absolute Gasteiger partial charge is 0.220 e. The van der Waals surface area contributed by atoms with Crippen molar-refractivity contribution in [3.63, 3.8) is 0 Å². The third kappa shape index (κ3) is 4.71. The molecular weight excluding hydrogens is 338 g/mol. The minimum atomic E-state index is 0.142. The van der Waals surface area contributed by atoms with Gasteiger partial charge in [-0.15, -0.1) is 0 Å². The predicted octanol–water partition coefficient (Wildman–Crippen LogP) is 2.80. The summed E-state index contributed by atoms with van der Waals surface area (Å²) < 4.78 is 0. The average molecular weight is 363 g/mol. The number of rotatable bonds is 8. The van der Waals surface area contributed by atoms with Crippen molar-refractivity contribution in [2.45, 2.75) is 44.8 Å². The molecule has 1 aliphatic rings. The van der Waals surface area contributed by atoms with Gasteiger partial charge in [0.05, 0.1) is 23.3 Å². The van der Waals surface area contributed by atoms with Crippen LogP contribution in [0.5, 0.6) is 0 Å². The lowest BCUT2D eigenvalue weighted by atomic mass is 10.1. The molecule has 0 atom stereocenters. The number of benzene rings is 1. The van der Waals surface area contributed by atoms with Gasteiger partial charge in [-0.2, -0.15) is 0 Å². The number of aromatic nitrogens is 3. The van der Waals surface area contributed by atoms with Gasteiger partial charge >= 0.3 is 0 Å². The quantitative estimate of drug-likeness (QED) is 0.645. The van der Waals surface area contributed by atoms with E-state index in [0.717, 1.165) is 53.9 Å². The molecule has 1 saturated carbocycles. The largest absolute Gasteiger partial charge is 0.353 e. The molecule has 0 bridgehead atoms. The minimum Gasteiger partial charge on any atom is -0.353 e. The Hall–Kier alpha value is -2.73. The number of aryl methyl sites for hydroxylation is 1. The van der Waals surface area contributed by atoms with Gasteiger partial charge in [-0.05, 0) is 50.1 Å². The first kappa shape index (κ1) is 17.7. The van der Waals surface area contributed by atoms with Crippen LogP contribution in [0, 0.1) is 0 Å². The number of para-hydroxylation sites is 2. The zero-order valence-electron chi connectivity index (χ0n) is 15.6. The van der Waals surface area contributed by atoms with Crippen LogP contribution in [0.1, 0.15) is 36.3 Å². The molecule has 0 aliphatic heterocycles. The molecule has 1 fully saturated rings. The van der Waals surface area contributed by atoms with Crippen LogP contribution in [-0.4, -0.2) is 38.8 Å². The van der Waals surface area contributed by atoms with E-state index in [-0.39, 0.29) is 5.91 Å². The second-order valence-electron chi connectivity index (χ2n) is 7.32. The molecule has 6 nitrogen and oxygen atoms in total. The number of fused-ring (bicyclic) bond motifs is 1. The van der Waals surface area contributed by atoms with Crippen LogP contribution in [0.25, 0.3) is 11.0 Å². The van der Waals surface area contributed by atoms with Crippen molar-refractivity contribution in [1.82, 2.24) is 25.2 Å². The van der Waals surface area contributed by atoms with Crippen molar-refractivity contribution >= 4 is 16.9 Å². The fourth-order valence-corrected chi connectivity index (χ4v) is 3.26. The van der Waals surface area contributed by atoms with Gasteiger partial charge in [0.2, 0.25) is 5.91 Å². The molecule has 6 heteroatoms. The highest BCUT2D eigenvalue weighted by atomic mass is 16.1. The molecule has 1 aromatic carbocycles. The first-order valence-electron chi connectivity index (χ1n) is 9.51. The number of imidazole rings is 1. The molecule has 1 aliphatic carbocycles. The van der Waals surface area contributed by atoms with Gasteiger partial charge in [-0.1, -0.05) is 18.2 Å². The summed E-state index contributed by atoms with van der Waals surface area (Å²) in [5, 5.41) is 3.05. The molecule has 2 heterocycles. The number of carbonyl (C=O) groups excluding carboxylic acids is 1. The van der Waals surface area contributed by atoms with E-state index in [0.29, 0.717) is 19.0 Å². The highest BCUT2D eigenvalue weighted by Gasteiger charge is 2.23. The van der Waals surface area contributed by atoms with Crippen LogP contribution in [0.3, 0.4) is 0 Å². The van der Waals surface area contributed by atoms with Crippen molar-refractivity contribution in [3.8, 4) is 0 Å². The van der Waals surface area contributed by atoms with Crippen molar-refractivity contribution in [2.24, 2.45) is 0 Å². The molecule has 0 saturated heterocycles. The van der Waals surface area contributed by atoms with E-state index in [1.165, 1.54) is 0 Å².